The lowest BCUT2D eigenvalue weighted by Gasteiger charge is -2.28. The van der Waals surface area contributed by atoms with E-state index in [0.29, 0.717) is 32.5 Å². The first-order valence-corrected chi connectivity index (χ1v) is 13.3. The summed E-state index contributed by atoms with van der Waals surface area (Å²) in [5, 5.41) is 12.2. The molecule has 9 heteroatoms. The van der Waals surface area contributed by atoms with Crippen molar-refractivity contribution >= 4 is 40.0 Å². The van der Waals surface area contributed by atoms with Crippen molar-refractivity contribution in [1.82, 2.24) is 14.8 Å². The number of carbonyl (C=O) groups excluding carboxylic acids is 2. The van der Waals surface area contributed by atoms with E-state index >= 15 is 0 Å². The lowest BCUT2D eigenvalue weighted by atomic mass is 10.1. The molecule has 0 unspecified atom stereocenters. The molecular formula is C30H31ClN4O4. The summed E-state index contributed by atoms with van der Waals surface area (Å²) in [6.07, 6.45) is 4.17. The molecule has 0 radical (unpaired) electrons. The number of hydrogen-bond donors (Lipinski definition) is 1. The van der Waals surface area contributed by atoms with Crippen LogP contribution in [-0.4, -0.2) is 51.2 Å². The molecule has 39 heavy (non-hydrogen) atoms. The third-order valence-electron chi connectivity index (χ3n) is 6.68. The molecule has 8 nitrogen and oxygen atoms in total. The number of halogens is 1. The normalized spacial score (nSPS) is 10.9. The summed E-state index contributed by atoms with van der Waals surface area (Å²) < 4.78 is 0. The first-order chi connectivity index (χ1) is 18.9. The molecule has 0 aliphatic carbocycles. The Hall–Kier alpha value is -4.17. The molecule has 0 bridgehead atoms. The molecule has 1 aromatic heterocycles. The van der Waals surface area contributed by atoms with Gasteiger partial charge in [0.2, 0.25) is 5.91 Å². The number of benzene rings is 3. The summed E-state index contributed by atoms with van der Waals surface area (Å²) in [6, 6.07) is 21.6. The zero-order valence-corrected chi connectivity index (χ0v) is 22.6. The molecule has 202 valence electrons. The number of aromatic amines is 1. The topological polar surface area (TPSA) is 99.6 Å². The molecule has 1 N–H and O–H groups in total. The van der Waals surface area contributed by atoms with Crippen molar-refractivity contribution in [3.8, 4) is 0 Å². The number of para-hydroxylation sites is 1. The molecule has 4 aromatic rings. The second-order valence-corrected chi connectivity index (χ2v) is 9.82. The van der Waals surface area contributed by atoms with Gasteiger partial charge in [-0.2, -0.15) is 0 Å². The Morgan fingerprint density at radius 1 is 0.974 bits per heavy atom. The summed E-state index contributed by atoms with van der Waals surface area (Å²) in [7, 11) is 0. The van der Waals surface area contributed by atoms with Crippen LogP contribution in [0, 0.1) is 10.1 Å². The van der Waals surface area contributed by atoms with Crippen LogP contribution >= 0.6 is 11.6 Å². The van der Waals surface area contributed by atoms with Crippen LogP contribution in [0.25, 0.3) is 10.9 Å². The Bertz CT molecular complexity index is 1450. The average Bonchev–Trinajstić information content (AvgIpc) is 3.36. The average molecular weight is 547 g/mol. The Kier molecular flexibility index (Phi) is 9.33. The molecular weight excluding hydrogens is 516 g/mol. The predicted molar refractivity (Wildman–Crippen MR) is 153 cm³/mol. The molecule has 0 fully saturated rings. The van der Waals surface area contributed by atoms with Crippen molar-refractivity contribution < 1.29 is 14.5 Å². The summed E-state index contributed by atoms with van der Waals surface area (Å²) in [5.41, 5.74) is 3.10. The van der Waals surface area contributed by atoms with Gasteiger partial charge < -0.3 is 14.8 Å². The summed E-state index contributed by atoms with van der Waals surface area (Å²) >= 11 is 6.26. The van der Waals surface area contributed by atoms with Crippen molar-refractivity contribution in [1.29, 1.82) is 0 Å². The summed E-state index contributed by atoms with van der Waals surface area (Å²) in [6.45, 7) is 3.15. The molecule has 4 rings (SSSR count). The standard InChI is InChI=1S/C30H31ClN4O4/c1-2-3-16-34(30(37)26-14-13-24(35(38)39)18-27(26)31)21-29(36)33(20-22-9-5-4-6-10-22)17-15-23-19-32-28-12-8-7-11-25(23)28/h4-14,18-19,32H,2-3,15-17,20-21H2,1H3. The minimum Gasteiger partial charge on any atom is -0.361 e. The second-order valence-electron chi connectivity index (χ2n) is 9.41. The van der Waals surface area contributed by atoms with Crippen LogP contribution in [0.5, 0.6) is 0 Å². The number of fused-ring (bicyclic) bond motifs is 1. The smallest absolute Gasteiger partial charge is 0.270 e. The third-order valence-corrected chi connectivity index (χ3v) is 7.00. The number of amides is 2. The largest absolute Gasteiger partial charge is 0.361 e. The number of hydrogen-bond acceptors (Lipinski definition) is 4. The minimum absolute atomic E-state index is 0.0105. The van der Waals surface area contributed by atoms with Crippen LogP contribution in [0.1, 0.15) is 41.3 Å². The van der Waals surface area contributed by atoms with Gasteiger partial charge in [-0.25, -0.2) is 0 Å². The molecule has 0 atom stereocenters. The lowest BCUT2D eigenvalue weighted by molar-refractivity contribution is -0.384. The Morgan fingerprint density at radius 3 is 2.44 bits per heavy atom. The van der Waals surface area contributed by atoms with E-state index in [0.717, 1.165) is 34.5 Å². The van der Waals surface area contributed by atoms with Gasteiger partial charge in [-0.05, 0) is 36.1 Å². The fourth-order valence-electron chi connectivity index (χ4n) is 4.52. The van der Waals surface area contributed by atoms with Crippen LogP contribution in [0.4, 0.5) is 5.69 Å². The minimum atomic E-state index is -0.562. The quantitative estimate of drug-likeness (QED) is 0.168. The van der Waals surface area contributed by atoms with Crippen LogP contribution in [0.3, 0.4) is 0 Å². The monoisotopic (exact) mass is 546 g/mol. The number of nitro benzene ring substituents is 1. The number of H-pyrrole nitrogens is 1. The highest BCUT2D eigenvalue weighted by Crippen LogP contribution is 2.24. The second kappa shape index (κ2) is 13.1. The molecule has 0 saturated heterocycles. The van der Waals surface area contributed by atoms with E-state index < -0.39 is 10.8 Å². The van der Waals surface area contributed by atoms with Crippen LogP contribution < -0.4 is 0 Å². The SMILES string of the molecule is CCCCN(CC(=O)N(CCc1c[nH]c2ccccc12)Cc1ccccc1)C(=O)c1ccc([N+](=O)[O-])cc1Cl. The maximum atomic E-state index is 13.7. The lowest BCUT2D eigenvalue weighted by Crippen LogP contribution is -2.43. The zero-order chi connectivity index (χ0) is 27.8. The van der Waals surface area contributed by atoms with Gasteiger partial charge in [0.25, 0.3) is 11.6 Å². The third kappa shape index (κ3) is 7.03. The van der Waals surface area contributed by atoms with Gasteiger partial charge in [-0.3, -0.25) is 19.7 Å². The van der Waals surface area contributed by atoms with Gasteiger partial charge in [0.05, 0.1) is 15.5 Å². The Balaban J connectivity index is 1.55. The van der Waals surface area contributed by atoms with Crippen LogP contribution in [0.15, 0.2) is 79.0 Å². The van der Waals surface area contributed by atoms with Crippen molar-refractivity contribution in [3.63, 3.8) is 0 Å². The molecule has 3 aromatic carbocycles. The van der Waals surface area contributed by atoms with Gasteiger partial charge in [-0.15, -0.1) is 0 Å². The fraction of sp³-hybridized carbons (Fsp3) is 0.267. The van der Waals surface area contributed by atoms with E-state index in [9.17, 15) is 19.7 Å². The Labute approximate surface area is 232 Å². The molecule has 0 spiro atoms. The molecule has 1 heterocycles. The zero-order valence-electron chi connectivity index (χ0n) is 21.8. The number of carbonyl (C=O) groups is 2. The van der Waals surface area contributed by atoms with Gasteiger partial charge in [0.15, 0.2) is 0 Å². The first-order valence-electron chi connectivity index (χ1n) is 13.0. The fourth-order valence-corrected chi connectivity index (χ4v) is 4.77. The molecule has 0 aliphatic heterocycles. The highest BCUT2D eigenvalue weighted by atomic mass is 35.5. The number of unbranched alkanes of at least 4 members (excludes halogenated alkanes) is 1. The van der Waals surface area contributed by atoms with Crippen molar-refractivity contribution in [2.45, 2.75) is 32.7 Å². The van der Waals surface area contributed by atoms with E-state index in [1.165, 1.54) is 17.0 Å². The first kappa shape index (κ1) is 27.9. The number of nitrogens with one attached hydrogen (secondary N) is 1. The van der Waals surface area contributed by atoms with Gasteiger partial charge in [0, 0.05) is 48.9 Å². The predicted octanol–water partition coefficient (Wildman–Crippen LogP) is 6.24. The van der Waals surface area contributed by atoms with Crippen molar-refractivity contribution in [3.05, 3.63) is 111 Å². The molecule has 2 amide bonds. The number of non-ortho nitro benzene ring substituents is 1. The van der Waals surface area contributed by atoms with E-state index in [2.05, 4.69) is 11.1 Å². The van der Waals surface area contributed by atoms with Gasteiger partial charge in [-0.1, -0.05) is 73.5 Å². The highest BCUT2D eigenvalue weighted by molar-refractivity contribution is 6.34. The van der Waals surface area contributed by atoms with E-state index in [4.69, 9.17) is 11.6 Å². The Morgan fingerprint density at radius 2 is 1.72 bits per heavy atom. The van der Waals surface area contributed by atoms with E-state index in [-0.39, 0.29) is 28.7 Å². The summed E-state index contributed by atoms with van der Waals surface area (Å²) in [5.74, 6) is -0.603. The molecule has 0 aliphatic rings. The maximum absolute atomic E-state index is 13.7. The van der Waals surface area contributed by atoms with E-state index in [1.807, 2.05) is 61.7 Å². The van der Waals surface area contributed by atoms with Crippen molar-refractivity contribution in [2.24, 2.45) is 0 Å². The van der Waals surface area contributed by atoms with Crippen LogP contribution in [-0.2, 0) is 17.8 Å². The number of nitrogens with zero attached hydrogens (tertiary/aromatic N) is 3. The van der Waals surface area contributed by atoms with Crippen molar-refractivity contribution in [2.75, 3.05) is 19.6 Å². The van der Waals surface area contributed by atoms with Gasteiger partial charge in [0.1, 0.15) is 6.54 Å². The number of rotatable bonds is 12. The highest BCUT2D eigenvalue weighted by Gasteiger charge is 2.25. The summed E-state index contributed by atoms with van der Waals surface area (Å²) in [4.78, 5) is 44.3. The number of aromatic nitrogens is 1. The van der Waals surface area contributed by atoms with Gasteiger partial charge >= 0.3 is 0 Å². The van der Waals surface area contributed by atoms with E-state index in [1.54, 1.807) is 4.90 Å². The number of nitro groups is 1. The molecule has 0 saturated carbocycles. The maximum Gasteiger partial charge on any atom is 0.270 e. The van der Waals surface area contributed by atoms with Crippen LogP contribution in [0.2, 0.25) is 5.02 Å².